The molecule has 0 bridgehead atoms. The van der Waals surface area contributed by atoms with Crippen molar-refractivity contribution in [2.45, 2.75) is 6.10 Å². The molecule has 0 aliphatic carbocycles. The van der Waals surface area contributed by atoms with Gasteiger partial charge in [0.25, 0.3) is 5.69 Å². The fourth-order valence-corrected chi connectivity index (χ4v) is 2.19. The summed E-state index contributed by atoms with van der Waals surface area (Å²) in [5.74, 6) is 0. The molecular formula is C13H16N4O3. The van der Waals surface area contributed by atoms with Crippen molar-refractivity contribution in [1.29, 1.82) is 5.26 Å². The van der Waals surface area contributed by atoms with Crippen molar-refractivity contribution in [2.24, 2.45) is 0 Å². The predicted octanol–water partition coefficient (Wildman–Crippen LogP) is 0.891. The van der Waals surface area contributed by atoms with Crippen LogP contribution in [0.15, 0.2) is 18.2 Å². The minimum absolute atomic E-state index is 0.00438. The molecule has 1 fully saturated rings. The molecule has 20 heavy (non-hydrogen) atoms. The summed E-state index contributed by atoms with van der Waals surface area (Å²) in [6, 6.07) is 6.35. The molecule has 1 aliphatic rings. The maximum absolute atomic E-state index is 11.1. The van der Waals surface area contributed by atoms with E-state index >= 15 is 0 Å². The number of nitriles is 1. The molecular weight excluding hydrogens is 260 g/mol. The van der Waals surface area contributed by atoms with Gasteiger partial charge in [-0.15, -0.1) is 0 Å². The largest absolute Gasteiger partial charge is 0.374 e. The van der Waals surface area contributed by atoms with E-state index in [1.54, 1.807) is 11.9 Å². The van der Waals surface area contributed by atoms with Crippen LogP contribution in [0.2, 0.25) is 0 Å². The van der Waals surface area contributed by atoms with Gasteiger partial charge in [-0.3, -0.25) is 10.1 Å². The molecule has 1 heterocycles. The van der Waals surface area contributed by atoms with Gasteiger partial charge in [0.1, 0.15) is 5.69 Å². The van der Waals surface area contributed by atoms with Crippen LogP contribution in [0.4, 0.5) is 11.4 Å². The molecule has 0 radical (unpaired) electrons. The third-order valence-electron chi connectivity index (χ3n) is 3.19. The van der Waals surface area contributed by atoms with Gasteiger partial charge in [0, 0.05) is 32.7 Å². The second-order valence-electron chi connectivity index (χ2n) is 4.65. The lowest BCUT2D eigenvalue weighted by Crippen LogP contribution is -2.44. The molecule has 0 aromatic heterocycles. The number of anilines is 1. The average Bonchev–Trinajstić information content (AvgIpc) is 2.47. The SMILES string of the molecule is CN(CC1CNCCO1)c1cc(C#N)ccc1[N+](=O)[O-]. The molecule has 7 heteroatoms. The molecule has 1 atom stereocenters. The number of hydrogen-bond donors (Lipinski definition) is 1. The second-order valence-corrected chi connectivity index (χ2v) is 4.65. The zero-order valence-electron chi connectivity index (χ0n) is 11.2. The molecule has 1 aromatic carbocycles. The Labute approximate surface area is 116 Å². The standard InChI is InChI=1S/C13H16N4O3/c1-16(9-11-8-15-4-5-20-11)13-6-10(7-14)2-3-12(13)17(18)19/h2-3,6,11,15H,4-5,8-9H2,1H3. The summed E-state index contributed by atoms with van der Waals surface area (Å²) in [5.41, 5.74) is 0.832. The van der Waals surface area contributed by atoms with Gasteiger partial charge in [0.15, 0.2) is 0 Å². The number of ether oxygens (including phenoxy) is 1. The second kappa shape index (κ2) is 6.32. The lowest BCUT2D eigenvalue weighted by Gasteiger charge is -2.29. The van der Waals surface area contributed by atoms with E-state index in [9.17, 15) is 10.1 Å². The van der Waals surface area contributed by atoms with Gasteiger partial charge in [-0.05, 0) is 12.1 Å². The Hall–Kier alpha value is -2.17. The van der Waals surface area contributed by atoms with Crippen LogP contribution in [0.1, 0.15) is 5.56 Å². The molecule has 2 rings (SSSR count). The quantitative estimate of drug-likeness (QED) is 0.648. The number of nitro benzene ring substituents is 1. The topological polar surface area (TPSA) is 91.4 Å². The summed E-state index contributed by atoms with van der Waals surface area (Å²) < 4.78 is 5.59. The molecule has 0 spiro atoms. The lowest BCUT2D eigenvalue weighted by atomic mass is 10.1. The van der Waals surface area contributed by atoms with Gasteiger partial charge >= 0.3 is 0 Å². The van der Waals surface area contributed by atoms with E-state index in [0.717, 1.165) is 13.1 Å². The molecule has 7 nitrogen and oxygen atoms in total. The molecule has 1 aliphatic heterocycles. The molecule has 1 aromatic rings. The van der Waals surface area contributed by atoms with Crippen molar-refractivity contribution in [3.8, 4) is 6.07 Å². The summed E-state index contributed by atoms with van der Waals surface area (Å²) in [6.45, 7) is 2.71. The monoisotopic (exact) mass is 276 g/mol. The molecule has 1 unspecified atom stereocenters. The average molecular weight is 276 g/mol. The van der Waals surface area contributed by atoms with Crippen molar-refractivity contribution in [3.05, 3.63) is 33.9 Å². The van der Waals surface area contributed by atoms with E-state index in [1.165, 1.54) is 18.2 Å². The summed E-state index contributed by atoms with van der Waals surface area (Å²) >= 11 is 0. The van der Waals surface area contributed by atoms with Crippen molar-refractivity contribution in [2.75, 3.05) is 38.2 Å². The number of nitrogens with one attached hydrogen (secondary N) is 1. The zero-order valence-corrected chi connectivity index (χ0v) is 11.2. The molecule has 1 saturated heterocycles. The normalized spacial score (nSPS) is 18.3. The molecule has 106 valence electrons. The maximum atomic E-state index is 11.1. The van der Waals surface area contributed by atoms with E-state index in [2.05, 4.69) is 5.32 Å². The van der Waals surface area contributed by atoms with Gasteiger partial charge in [0.05, 0.1) is 29.3 Å². The van der Waals surface area contributed by atoms with Crippen LogP contribution < -0.4 is 10.2 Å². The first-order chi connectivity index (χ1) is 9.61. The third-order valence-corrected chi connectivity index (χ3v) is 3.19. The van der Waals surface area contributed by atoms with Gasteiger partial charge in [-0.25, -0.2) is 0 Å². The predicted molar refractivity (Wildman–Crippen MR) is 73.7 cm³/mol. The minimum atomic E-state index is -0.438. The first-order valence-electron chi connectivity index (χ1n) is 6.34. The van der Waals surface area contributed by atoms with Gasteiger partial charge in [-0.1, -0.05) is 0 Å². The minimum Gasteiger partial charge on any atom is -0.374 e. The van der Waals surface area contributed by atoms with Crippen LogP contribution in [0.3, 0.4) is 0 Å². The first-order valence-corrected chi connectivity index (χ1v) is 6.34. The van der Waals surface area contributed by atoms with Gasteiger partial charge < -0.3 is 15.0 Å². The maximum Gasteiger partial charge on any atom is 0.292 e. The fourth-order valence-electron chi connectivity index (χ4n) is 2.19. The van der Waals surface area contributed by atoms with E-state index in [4.69, 9.17) is 10.00 Å². The molecule has 0 amide bonds. The number of morpholine rings is 1. The van der Waals surface area contributed by atoms with Gasteiger partial charge in [0.2, 0.25) is 0 Å². The molecule has 1 N–H and O–H groups in total. The van der Waals surface area contributed by atoms with E-state index in [0.29, 0.717) is 24.4 Å². The zero-order chi connectivity index (χ0) is 14.5. The van der Waals surface area contributed by atoms with Crippen LogP contribution in [-0.2, 0) is 4.74 Å². The third kappa shape index (κ3) is 3.23. The van der Waals surface area contributed by atoms with Crippen molar-refractivity contribution in [1.82, 2.24) is 5.32 Å². The van der Waals surface area contributed by atoms with Crippen LogP contribution in [0.5, 0.6) is 0 Å². The number of rotatable bonds is 4. The highest BCUT2D eigenvalue weighted by Crippen LogP contribution is 2.28. The Kier molecular flexibility index (Phi) is 4.50. The number of benzene rings is 1. The van der Waals surface area contributed by atoms with Crippen LogP contribution >= 0.6 is 0 Å². The number of nitrogens with zero attached hydrogens (tertiary/aromatic N) is 3. The van der Waals surface area contributed by atoms with E-state index in [1.807, 2.05) is 6.07 Å². The molecule has 0 saturated carbocycles. The Bertz CT molecular complexity index is 535. The highest BCUT2D eigenvalue weighted by Gasteiger charge is 2.21. The Balaban J connectivity index is 2.20. The Morgan fingerprint density at radius 2 is 2.45 bits per heavy atom. The van der Waals surface area contributed by atoms with E-state index in [-0.39, 0.29) is 11.8 Å². The summed E-state index contributed by atoms with van der Waals surface area (Å²) in [4.78, 5) is 12.4. The first kappa shape index (κ1) is 14.2. The van der Waals surface area contributed by atoms with Crippen molar-refractivity contribution < 1.29 is 9.66 Å². The fraction of sp³-hybridized carbons (Fsp3) is 0.462. The van der Waals surface area contributed by atoms with Gasteiger partial charge in [-0.2, -0.15) is 5.26 Å². The lowest BCUT2D eigenvalue weighted by molar-refractivity contribution is -0.384. The van der Waals surface area contributed by atoms with Crippen LogP contribution in [0.25, 0.3) is 0 Å². The van der Waals surface area contributed by atoms with Crippen molar-refractivity contribution in [3.63, 3.8) is 0 Å². The van der Waals surface area contributed by atoms with E-state index < -0.39 is 4.92 Å². The smallest absolute Gasteiger partial charge is 0.292 e. The van der Waals surface area contributed by atoms with Crippen LogP contribution in [0, 0.1) is 21.4 Å². The Morgan fingerprint density at radius 1 is 1.65 bits per heavy atom. The highest BCUT2D eigenvalue weighted by molar-refractivity contribution is 5.65. The summed E-state index contributed by atoms with van der Waals surface area (Å²) in [6.07, 6.45) is -0.0147. The summed E-state index contributed by atoms with van der Waals surface area (Å²) in [5, 5.41) is 23.2. The van der Waals surface area contributed by atoms with Crippen LogP contribution in [-0.4, -0.2) is 44.3 Å². The number of likely N-dealkylation sites (N-methyl/N-ethyl adjacent to an activating group) is 1. The summed E-state index contributed by atoms with van der Waals surface area (Å²) in [7, 11) is 1.77. The number of hydrogen-bond acceptors (Lipinski definition) is 6. The highest BCUT2D eigenvalue weighted by atomic mass is 16.6. The Morgan fingerprint density at radius 3 is 3.05 bits per heavy atom. The van der Waals surface area contributed by atoms with Crippen molar-refractivity contribution >= 4 is 11.4 Å². The number of nitro groups is 1.